The molecule has 0 bridgehead atoms. The fourth-order valence-electron chi connectivity index (χ4n) is 7.72. The second kappa shape index (κ2) is 17.8. The van der Waals surface area contributed by atoms with Crippen LogP contribution in [0, 0.1) is 31.7 Å². The Balaban J connectivity index is 0.000000140. The average molecular weight is 881 g/mol. The van der Waals surface area contributed by atoms with Crippen LogP contribution >= 0.6 is 0 Å². The molecule has 2 heteroatoms. The molecular weight excluding hydrogens is 831 g/mol. The van der Waals surface area contributed by atoms with E-state index in [-0.39, 0.29) is 25.8 Å². The summed E-state index contributed by atoms with van der Waals surface area (Å²) in [6.45, 7) is 13.5. The molecule has 0 amide bonds. The van der Waals surface area contributed by atoms with E-state index in [9.17, 15) is 0 Å². The van der Waals surface area contributed by atoms with Crippen LogP contribution in [-0.4, -0.2) is 9.52 Å². The molecule has 1 aliphatic heterocycles. The molecule has 9 rings (SSSR count). The van der Waals surface area contributed by atoms with Crippen LogP contribution in [0.2, 0.25) is 0 Å². The minimum Gasteiger partial charge on any atom is -0.184 e. The Hall–Kier alpha value is -4.37. The fraction of sp³-hybridized carbons (Fsp3) is 0.192. The molecule has 8 aromatic rings. The molecule has 0 N–H and O–H groups in total. The van der Waals surface area contributed by atoms with Gasteiger partial charge in [0.25, 0.3) is 0 Å². The Morgan fingerprint density at radius 3 is 1.44 bits per heavy atom. The first-order valence-corrected chi connectivity index (χ1v) is 20.1. The maximum absolute atomic E-state index is 3.31. The summed E-state index contributed by atoms with van der Waals surface area (Å²) in [4.78, 5) is 0. The first-order valence-electron chi connectivity index (χ1n) is 19.1. The van der Waals surface area contributed by atoms with Gasteiger partial charge in [0.05, 0.1) is 9.52 Å². The monoisotopic (exact) mass is 881 g/mol. The summed E-state index contributed by atoms with van der Waals surface area (Å²) in [6.07, 6.45) is 2.31. The summed E-state index contributed by atoms with van der Waals surface area (Å²) in [5.41, 5.74) is 13.8. The van der Waals surface area contributed by atoms with Gasteiger partial charge in [-0.3, -0.25) is 0 Å². The van der Waals surface area contributed by atoms with Crippen molar-refractivity contribution >= 4 is 41.4 Å². The van der Waals surface area contributed by atoms with Crippen LogP contribution in [0.5, 0.6) is 0 Å². The minimum atomic E-state index is 0. The summed E-state index contributed by atoms with van der Waals surface area (Å²) < 4.78 is 0. The van der Waals surface area contributed by atoms with Gasteiger partial charge in [-0.05, 0) is 60.8 Å². The van der Waals surface area contributed by atoms with E-state index in [2.05, 4.69) is 193 Å². The second-order valence-corrected chi connectivity index (χ2v) is 16.6. The van der Waals surface area contributed by atoms with Crippen molar-refractivity contribution in [2.24, 2.45) is 11.8 Å². The number of aryl methyl sites for hydroxylation is 2. The molecule has 1 aliphatic rings. The molecule has 0 unspecified atom stereocenters. The first kappa shape index (κ1) is 39.3. The van der Waals surface area contributed by atoms with Gasteiger partial charge in [-0.1, -0.05) is 135 Å². The van der Waals surface area contributed by atoms with E-state index in [0.717, 1.165) is 22.4 Å². The van der Waals surface area contributed by atoms with Crippen molar-refractivity contribution in [1.82, 2.24) is 0 Å². The van der Waals surface area contributed by atoms with Gasteiger partial charge in [-0.15, -0.1) is 74.6 Å². The predicted molar refractivity (Wildman–Crippen MR) is 232 cm³/mol. The van der Waals surface area contributed by atoms with Gasteiger partial charge in [0, 0.05) is 25.8 Å². The Labute approximate surface area is 344 Å². The molecule has 0 saturated heterocycles. The molecule has 1 heterocycles. The van der Waals surface area contributed by atoms with Crippen molar-refractivity contribution < 1.29 is 25.8 Å². The number of rotatable bonds is 6. The van der Waals surface area contributed by atoms with E-state index in [4.69, 9.17) is 0 Å². The maximum atomic E-state index is 3.31. The molecule has 0 saturated carbocycles. The van der Waals surface area contributed by atoms with Gasteiger partial charge in [0.15, 0.2) is 0 Å². The van der Waals surface area contributed by atoms with Crippen molar-refractivity contribution in [3.8, 4) is 33.4 Å². The van der Waals surface area contributed by atoms with Crippen molar-refractivity contribution in [2.45, 2.75) is 54.4 Å². The number of fused-ring (bicyclic) bond motifs is 5. The van der Waals surface area contributed by atoms with E-state index < -0.39 is 0 Å². The largest absolute Gasteiger partial charge is 0.184 e. The number of hydrogen-bond donors (Lipinski definition) is 0. The molecule has 0 fully saturated rings. The average Bonchev–Trinajstić information content (AvgIpc) is 3.86. The molecule has 268 valence electrons. The molecule has 2 radical (unpaired) electrons. The van der Waals surface area contributed by atoms with Crippen LogP contribution in [0.3, 0.4) is 0 Å². The van der Waals surface area contributed by atoms with Crippen LogP contribution < -0.4 is 10.4 Å². The van der Waals surface area contributed by atoms with Gasteiger partial charge in [0.1, 0.15) is 0 Å². The Kier molecular flexibility index (Phi) is 13.0. The van der Waals surface area contributed by atoms with Crippen molar-refractivity contribution in [1.29, 1.82) is 0 Å². The summed E-state index contributed by atoms with van der Waals surface area (Å²) in [7, 11) is 0.795. The van der Waals surface area contributed by atoms with Gasteiger partial charge < -0.3 is 0 Å². The first-order chi connectivity index (χ1) is 25.7. The van der Waals surface area contributed by atoms with E-state index in [0.29, 0.717) is 11.8 Å². The molecule has 0 aromatic heterocycles. The summed E-state index contributed by atoms with van der Waals surface area (Å²) >= 11 is 0. The normalized spacial score (nSPS) is 11.4. The third-order valence-corrected chi connectivity index (χ3v) is 11.5. The third kappa shape index (κ3) is 8.94. The third-order valence-electron chi connectivity index (χ3n) is 10.1. The van der Waals surface area contributed by atoms with E-state index in [1.165, 1.54) is 87.6 Å². The van der Waals surface area contributed by atoms with Gasteiger partial charge in [0.2, 0.25) is 0 Å². The molecule has 0 aliphatic carbocycles. The zero-order chi connectivity index (χ0) is 36.9. The van der Waals surface area contributed by atoms with Crippen LogP contribution in [0.25, 0.3) is 54.9 Å². The standard InChI is InChI=1S/2C20H21.C12H7Si.Hf/c2*1-14(2)11-16-12-17-8-6-10-19(20(17)13-16)18-9-5-4-7-15(18)3;1-3-7-11-9(5-1)10-6-2-4-8-12(10)13-11;/h2*4-10,12-14H,11H2,1-3H3;1-7H;/q3*-1;. The quantitative estimate of drug-likeness (QED) is 0.115. The molecule has 0 nitrogen and oxygen atoms in total. The van der Waals surface area contributed by atoms with E-state index in [1.54, 1.807) is 0 Å². The fourth-order valence-corrected chi connectivity index (χ4v) is 9.03. The van der Waals surface area contributed by atoms with Crippen molar-refractivity contribution in [2.75, 3.05) is 0 Å². The van der Waals surface area contributed by atoms with Gasteiger partial charge in [-0.25, -0.2) is 0 Å². The molecule has 54 heavy (non-hydrogen) atoms. The second-order valence-electron chi connectivity index (χ2n) is 15.3. The molecular formula is C52H49HfSi-3. The minimum absolute atomic E-state index is 0. The van der Waals surface area contributed by atoms with Gasteiger partial charge in [-0.2, -0.15) is 41.6 Å². The predicted octanol–water partition coefficient (Wildman–Crippen LogP) is 12.6. The zero-order valence-corrected chi connectivity index (χ0v) is 37.1. The van der Waals surface area contributed by atoms with Crippen LogP contribution in [0.1, 0.15) is 49.9 Å². The van der Waals surface area contributed by atoms with Crippen LogP contribution in [0.4, 0.5) is 0 Å². The molecule has 0 spiro atoms. The van der Waals surface area contributed by atoms with Crippen LogP contribution in [0.15, 0.2) is 152 Å². The Morgan fingerprint density at radius 2 is 0.944 bits per heavy atom. The SMILES string of the molecule is Cc1ccccc1-c1cccc2[cH-]c(CC(C)C)cc12.Cc1ccccc1-c1cccc2[cH-]c(CC(C)C)cc12.[Hf].[c-]1cccc2c1[Si]c1ccccc1-2. The number of hydrogen-bond acceptors (Lipinski definition) is 0. The van der Waals surface area contributed by atoms with Crippen LogP contribution in [-0.2, 0) is 38.7 Å². The summed E-state index contributed by atoms with van der Waals surface area (Å²) in [5.74, 6) is 1.41. The van der Waals surface area contributed by atoms with E-state index >= 15 is 0 Å². The summed E-state index contributed by atoms with van der Waals surface area (Å²) in [5, 5.41) is 8.32. The Bertz CT molecular complexity index is 2300. The smallest absolute Gasteiger partial charge is 0.0920 e. The topological polar surface area (TPSA) is 0 Å². The van der Waals surface area contributed by atoms with Crippen molar-refractivity contribution in [3.05, 3.63) is 180 Å². The molecule has 8 aromatic carbocycles. The zero-order valence-electron chi connectivity index (χ0n) is 32.5. The van der Waals surface area contributed by atoms with Gasteiger partial charge >= 0.3 is 0 Å². The Morgan fingerprint density at radius 1 is 0.500 bits per heavy atom. The summed E-state index contributed by atoms with van der Waals surface area (Å²) in [6, 6.07) is 58.1. The maximum Gasteiger partial charge on any atom is 0.0920 e. The number of benzene rings is 6. The van der Waals surface area contributed by atoms with Crippen molar-refractivity contribution in [3.63, 3.8) is 0 Å². The van der Waals surface area contributed by atoms with E-state index in [1.807, 2.05) is 6.07 Å². The molecule has 0 atom stereocenters.